The third kappa shape index (κ3) is 5.77. The van der Waals surface area contributed by atoms with E-state index < -0.39 is 0 Å². The third-order valence-electron chi connectivity index (χ3n) is 6.89. The van der Waals surface area contributed by atoms with Crippen molar-refractivity contribution < 1.29 is 0 Å². The van der Waals surface area contributed by atoms with Crippen molar-refractivity contribution in [3.63, 3.8) is 0 Å². The molecule has 0 saturated heterocycles. The first-order valence-electron chi connectivity index (χ1n) is 13.0. The molecule has 4 nitrogen and oxygen atoms in total. The van der Waals surface area contributed by atoms with Crippen LogP contribution in [-0.4, -0.2) is 6.21 Å². The van der Waals surface area contributed by atoms with Crippen molar-refractivity contribution >= 4 is 48.9 Å². The molecule has 5 rings (SSSR count). The van der Waals surface area contributed by atoms with Crippen molar-refractivity contribution in [2.24, 2.45) is 5.73 Å². The Labute approximate surface area is 243 Å². The highest BCUT2D eigenvalue weighted by Crippen LogP contribution is 2.38. The molecule has 5 aromatic rings. The number of fused-ring (bicyclic) bond motifs is 3. The molecule has 41 heavy (non-hydrogen) atoms. The Morgan fingerprint density at radius 2 is 1.29 bits per heavy atom. The van der Waals surface area contributed by atoms with Gasteiger partial charge in [0.25, 0.3) is 0 Å². The zero-order valence-electron chi connectivity index (χ0n) is 22.3. The van der Waals surface area contributed by atoms with E-state index in [2.05, 4.69) is 73.3 Å². The molecular formula is C36H26N4S. The molecule has 0 amide bonds. The molecule has 0 saturated carbocycles. The molecule has 1 heterocycles. The summed E-state index contributed by atoms with van der Waals surface area (Å²) >= 11 is 1.78. The van der Waals surface area contributed by atoms with E-state index in [-0.39, 0.29) is 0 Å². The fourth-order valence-electron chi connectivity index (χ4n) is 4.76. The van der Waals surface area contributed by atoms with Crippen molar-refractivity contribution in [2.75, 3.05) is 0 Å². The molecule has 0 radical (unpaired) electrons. The fourth-order valence-corrected chi connectivity index (χ4v) is 5.95. The second-order valence-electron chi connectivity index (χ2n) is 9.45. The Kier molecular flexibility index (Phi) is 8.02. The number of rotatable bonds is 8. The maximum Gasteiger partial charge on any atom is 0.0985 e. The molecule has 196 valence electrons. The second-order valence-corrected chi connectivity index (χ2v) is 10.5. The number of hydrogen-bond acceptors (Lipinski definition) is 5. The summed E-state index contributed by atoms with van der Waals surface area (Å²) in [4.78, 5) is 0. The SMILES string of the molecule is C=C(C#N)/C=C(\C=N)c1ccc(-c2ccc3c(c2)sc2cc(-c4ccc(C(/C=C\CC#N)=C/N)cc4)ccc23)cc1. The van der Waals surface area contributed by atoms with E-state index in [4.69, 9.17) is 21.7 Å². The van der Waals surface area contributed by atoms with Crippen LogP contribution in [-0.2, 0) is 0 Å². The number of thiophene rings is 1. The number of nitriles is 2. The predicted molar refractivity (Wildman–Crippen MR) is 173 cm³/mol. The third-order valence-corrected chi connectivity index (χ3v) is 8.01. The molecular weight excluding hydrogens is 520 g/mol. The molecule has 0 bridgehead atoms. The lowest BCUT2D eigenvalue weighted by Crippen LogP contribution is -1.87. The maximum atomic E-state index is 9.01. The highest BCUT2D eigenvalue weighted by Gasteiger charge is 2.10. The van der Waals surface area contributed by atoms with E-state index in [0.29, 0.717) is 17.6 Å². The Bertz CT molecular complexity index is 1960. The smallest absolute Gasteiger partial charge is 0.0985 e. The van der Waals surface area contributed by atoms with Gasteiger partial charge in [-0.15, -0.1) is 11.3 Å². The second kappa shape index (κ2) is 12.1. The topological polar surface area (TPSA) is 97.5 Å². The van der Waals surface area contributed by atoms with Crippen LogP contribution in [0.1, 0.15) is 17.5 Å². The van der Waals surface area contributed by atoms with E-state index in [1.165, 1.54) is 26.4 Å². The number of allylic oxidation sites excluding steroid dienone is 6. The van der Waals surface area contributed by atoms with Crippen LogP contribution in [0.3, 0.4) is 0 Å². The Morgan fingerprint density at radius 1 is 0.780 bits per heavy atom. The minimum absolute atomic E-state index is 0.321. The van der Waals surface area contributed by atoms with Crippen LogP contribution in [0.25, 0.3) is 53.6 Å². The largest absolute Gasteiger partial charge is 0.404 e. The van der Waals surface area contributed by atoms with E-state index >= 15 is 0 Å². The molecule has 0 unspecified atom stereocenters. The van der Waals surface area contributed by atoms with Gasteiger partial charge in [-0.05, 0) is 57.2 Å². The minimum Gasteiger partial charge on any atom is -0.404 e. The van der Waals surface area contributed by atoms with E-state index in [1.807, 2.05) is 42.5 Å². The van der Waals surface area contributed by atoms with Crippen molar-refractivity contribution in [3.05, 3.63) is 133 Å². The highest BCUT2D eigenvalue weighted by molar-refractivity contribution is 7.25. The molecule has 1 aromatic heterocycles. The predicted octanol–water partition coefficient (Wildman–Crippen LogP) is 9.27. The van der Waals surface area contributed by atoms with Crippen LogP contribution < -0.4 is 5.73 Å². The molecule has 0 fully saturated rings. The Balaban J connectivity index is 1.42. The average Bonchev–Trinajstić information content (AvgIpc) is 3.39. The van der Waals surface area contributed by atoms with Gasteiger partial charge in [-0.25, -0.2) is 0 Å². The standard InChI is InChI=1S/C36H26N4S/c1-24(21-38)18-32(23-40)28-11-7-26(8-12-28)30-14-16-34-33-15-13-29(19-35(33)41-36(34)20-30)25-5-9-27(10-6-25)31(22-39)4-2-3-17-37/h2,4-16,18-20,22-23,40H,1,3,39H2/b4-2-,31-22+,32-18+,40-23?. The lowest BCUT2D eigenvalue weighted by atomic mass is 9.98. The summed E-state index contributed by atoms with van der Waals surface area (Å²) in [6, 6.07) is 33.6. The first-order valence-corrected chi connectivity index (χ1v) is 13.8. The molecule has 3 N–H and O–H groups in total. The first-order chi connectivity index (χ1) is 20.0. The van der Waals surface area contributed by atoms with Gasteiger partial charge in [0.1, 0.15) is 0 Å². The summed E-state index contributed by atoms with van der Waals surface area (Å²) in [7, 11) is 0. The van der Waals surface area contributed by atoms with Crippen molar-refractivity contribution in [1.29, 1.82) is 15.9 Å². The zero-order chi connectivity index (χ0) is 28.8. The lowest BCUT2D eigenvalue weighted by molar-refractivity contribution is 1.35. The first kappa shape index (κ1) is 27.1. The summed E-state index contributed by atoms with van der Waals surface area (Å²) in [6.45, 7) is 3.69. The van der Waals surface area contributed by atoms with Crippen LogP contribution in [0.15, 0.2) is 122 Å². The summed E-state index contributed by atoms with van der Waals surface area (Å²) < 4.78 is 2.45. The molecule has 0 atom stereocenters. The van der Waals surface area contributed by atoms with E-state index in [9.17, 15) is 0 Å². The molecule has 0 aliphatic heterocycles. The van der Waals surface area contributed by atoms with E-state index in [1.54, 1.807) is 23.6 Å². The summed E-state index contributed by atoms with van der Waals surface area (Å²) in [5, 5.41) is 28.0. The molecule has 0 aliphatic rings. The van der Waals surface area contributed by atoms with Crippen LogP contribution in [0.5, 0.6) is 0 Å². The van der Waals surface area contributed by atoms with Gasteiger partial charge in [0, 0.05) is 43.7 Å². The highest BCUT2D eigenvalue weighted by atomic mass is 32.1. The summed E-state index contributed by atoms with van der Waals surface area (Å²) in [6.07, 6.45) is 8.47. The summed E-state index contributed by atoms with van der Waals surface area (Å²) in [5.41, 5.74) is 14.0. The van der Waals surface area contributed by atoms with Crippen LogP contribution in [0.4, 0.5) is 0 Å². The quantitative estimate of drug-likeness (QED) is 0.115. The Hall–Kier alpha value is -5.49. The van der Waals surface area contributed by atoms with Gasteiger partial charge < -0.3 is 11.1 Å². The average molecular weight is 547 g/mol. The number of nitrogens with two attached hydrogens (primary N) is 1. The maximum absolute atomic E-state index is 9.01. The van der Waals surface area contributed by atoms with E-state index in [0.717, 1.165) is 39.0 Å². The van der Waals surface area contributed by atoms with Gasteiger partial charge in [0.15, 0.2) is 0 Å². The van der Waals surface area contributed by atoms with Gasteiger partial charge in [0.05, 0.1) is 18.6 Å². The molecule has 0 aliphatic carbocycles. The molecule has 0 spiro atoms. The number of nitrogens with one attached hydrogen (secondary N) is 1. The van der Waals surface area contributed by atoms with Gasteiger partial charge in [-0.1, -0.05) is 91.5 Å². The zero-order valence-corrected chi connectivity index (χ0v) is 23.1. The van der Waals surface area contributed by atoms with Gasteiger partial charge >= 0.3 is 0 Å². The Morgan fingerprint density at radius 3 is 1.76 bits per heavy atom. The minimum atomic E-state index is 0.321. The van der Waals surface area contributed by atoms with Gasteiger partial charge in [-0.2, -0.15) is 10.5 Å². The monoisotopic (exact) mass is 546 g/mol. The van der Waals surface area contributed by atoms with Gasteiger partial charge in [-0.3, -0.25) is 0 Å². The normalized spacial score (nSPS) is 12.0. The number of nitrogens with zero attached hydrogens (tertiary/aromatic N) is 2. The number of hydrogen-bond donors (Lipinski definition) is 2. The van der Waals surface area contributed by atoms with Crippen molar-refractivity contribution in [1.82, 2.24) is 0 Å². The van der Waals surface area contributed by atoms with Crippen LogP contribution in [0.2, 0.25) is 0 Å². The van der Waals surface area contributed by atoms with Crippen LogP contribution in [0, 0.1) is 28.1 Å². The summed E-state index contributed by atoms with van der Waals surface area (Å²) in [5.74, 6) is 0. The van der Waals surface area contributed by atoms with Crippen LogP contribution >= 0.6 is 11.3 Å². The lowest BCUT2D eigenvalue weighted by Gasteiger charge is -2.06. The number of benzene rings is 4. The van der Waals surface area contributed by atoms with Gasteiger partial charge in [0.2, 0.25) is 0 Å². The molecule has 5 heteroatoms. The van der Waals surface area contributed by atoms with Crippen molar-refractivity contribution in [3.8, 4) is 34.4 Å². The van der Waals surface area contributed by atoms with Crippen molar-refractivity contribution in [2.45, 2.75) is 6.42 Å². The molecule has 4 aromatic carbocycles. The fraction of sp³-hybridized carbons (Fsp3) is 0.0278.